The molecule has 1 aliphatic rings. The molecule has 0 bridgehead atoms. The van der Waals surface area contributed by atoms with E-state index in [1.807, 2.05) is 0 Å². The normalized spacial score (nSPS) is 12.7. The van der Waals surface area contributed by atoms with Gasteiger partial charge < -0.3 is 30.9 Å². The zero-order chi connectivity index (χ0) is 35.2. The van der Waals surface area contributed by atoms with Gasteiger partial charge in [-0.3, -0.25) is 14.4 Å². The Bertz CT molecular complexity index is 1670. The zero-order valence-electron chi connectivity index (χ0n) is 28.0. The minimum absolute atomic E-state index is 0.118. The molecule has 2 amide bonds. The highest BCUT2D eigenvalue weighted by molar-refractivity contribution is 6.10. The second-order valence-electron chi connectivity index (χ2n) is 11.2. The number of amides is 2. The number of aryl methyl sites for hydroxylation is 1. The molecule has 4 N–H and O–H groups in total. The monoisotopic (exact) mass is 670 g/mol. The Morgan fingerprint density at radius 2 is 1.78 bits per heavy atom. The molecule has 4 rings (SSSR count). The van der Waals surface area contributed by atoms with Crippen LogP contribution < -0.4 is 21.3 Å². The number of ether oxygens (including phenoxy) is 1. The summed E-state index contributed by atoms with van der Waals surface area (Å²) in [5.74, 6) is -0.429. The summed E-state index contributed by atoms with van der Waals surface area (Å²) in [6.45, 7) is 12.8. The molecule has 15 heteroatoms. The number of aromatic nitrogens is 3. The van der Waals surface area contributed by atoms with Gasteiger partial charge >= 0.3 is 5.97 Å². The molecule has 0 radical (unpaired) electrons. The molecule has 0 spiro atoms. The van der Waals surface area contributed by atoms with E-state index in [1.165, 1.54) is 6.92 Å². The summed E-state index contributed by atoms with van der Waals surface area (Å²) >= 11 is 0. The lowest BCUT2D eigenvalue weighted by Crippen LogP contribution is -2.31. The molecule has 2 heterocycles. The molecule has 0 saturated heterocycles. The fraction of sp³-hybridized carbons (Fsp3) is 0.382. The summed E-state index contributed by atoms with van der Waals surface area (Å²) in [4.78, 5) is 64.1. The number of rotatable bonds is 19. The first kappa shape index (κ1) is 36.3. The highest BCUT2D eigenvalue weighted by atomic mass is 16.5. The number of nitrogens with one attached hydrogen (secondary N) is 4. The van der Waals surface area contributed by atoms with Crippen LogP contribution in [0.3, 0.4) is 0 Å². The van der Waals surface area contributed by atoms with Crippen molar-refractivity contribution < 1.29 is 23.9 Å². The van der Waals surface area contributed by atoms with Gasteiger partial charge in [-0.25, -0.2) is 4.79 Å². The van der Waals surface area contributed by atoms with Gasteiger partial charge in [0.25, 0.3) is 5.91 Å². The highest BCUT2D eigenvalue weighted by Gasteiger charge is 2.24. The van der Waals surface area contributed by atoms with E-state index in [0.29, 0.717) is 59.9 Å². The number of esters is 1. The van der Waals surface area contributed by atoms with Crippen molar-refractivity contribution in [2.45, 2.75) is 52.5 Å². The molecule has 1 unspecified atom stereocenters. The van der Waals surface area contributed by atoms with Crippen molar-refractivity contribution in [2.24, 2.45) is 10.2 Å². The molecule has 0 aliphatic carbocycles. The average Bonchev–Trinajstić information content (AvgIpc) is 3.46. The Morgan fingerprint density at radius 3 is 2.49 bits per heavy atom. The van der Waals surface area contributed by atoms with Crippen molar-refractivity contribution in [3.05, 3.63) is 66.5 Å². The third-order valence-corrected chi connectivity index (χ3v) is 7.51. The average molecular weight is 671 g/mol. The topological polar surface area (TPSA) is 192 Å². The molecule has 1 atom stereocenters. The molecule has 15 nitrogen and oxygen atoms in total. The molecule has 3 aromatic rings. The number of nitrogens with zero attached hydrogens (tertiary/aromatic N) is 6. The van der Waals surface area contributed by atoms with Gasteiger partial charge in [0.15, 0.2) is 5.78 Å². The smallest absolute Gasteiger partial charge is 0.330 e. The first-order chi connectivity index (χ1) is 23.7. The van der Waals surface area contributed by atoms with Crippen molar-refractivity contribution in [3.8, 4) is 0 Å². The minimum atomic E-state index is -1.36. The van der Waals surface area contributed by atoms with Crippen molar-refractivity contribution in [2.75, 3.05) is 54.1 Å². The van der Waals surface area contributed by atoms with Crippen LogP contribution in [-0.4, -0.2) is 82.2 Å². The van der Waals surface area contributed by atoms with E-state index in [4.69, 9.17) is 4.74 Å². The van der Waals surface area contributed by atoms with Crippen molar-refractivity contribution in [1.29, 1.82) is 0 Å². The first-order valence-electron chi connectivity index (χ1n) is 16.2. The van der Waals surface area contributed by atoms with Crippen molar-refractivity contribution >= 4 is 58.2 Å². The predicted molar refractivity (Wildman–Crippen MR) is 186 cm³/mol. The van der Waals surface area contributed by atoms with E-state index in [0.717, 1.165) is 37.7 Å². The molecule has 2 aromatic carbocycles. The Kier molecular flexibility index (Phi) is 13.4. The van der Waals surface area contributed by atoms with E-state index in [1.54, 1.807) is 42.5 Å². The maximum Gasteiger partial charge on any atom is 0.330 e. The summed E-state index contributed by atoms with van der Waals surface area (Å²) in [7, 11) is 0. The molecule has 258 valence electrons. The SMILES string of the molecule is C=CC(=O)OCCCc1nc(NCCCN(CC)CC)nc(Nc2ccc(N=NC(C(C)=O)C(=O)Nc3ccc4c(c3)NC(=O)C4)cc2)n1. The van der Waals surface area contributed by atoms with Crippen LogP contribution in [0.2, 0.25) is 0 Å². The van der Waals surface area contributed by atoms with Gasteiger partial charge in [-0.05, 0) is 81.4 Å². The van der Waals surface area contributed by atoms with Crippen LogP contribution in [0.1, 0.15) is 45.0 Å². The number of anilines is 5. The van der Waals surface area contributed by atoms with Crippen LogP contribution in [0.15, 0.2) is 65.3 Å². The number of carbonyl (C=O) groups is 4. The molecule has 0 saturated carbocycles. The Hall–Kier alpha value is -5.57. The van der Waals surface area contributed by atoms with Crippen LogP contribution in [0.4, 0.5) is 34.6 Å². The second-order valence-corrected chi connectivity index (χ2v) is 11.2. The van der Waals surface area contributed by atoms with E-state index in [9.17, 15) is 19.2 Å². The lowest BCUT2D eigenvalue weighted by Gasteiger charge is -2.17. The Labute approximate surface area is 285 Å². The molecule has 1 aliphatic heterocycles. The lowest BCUT2D eigenvalue weighted by molar-refractivity contribution is -0.137. The van der Waals surface area contributed by atoms with Crippen molar-refractivity contribution in [1.82, 2.24) is 19.9 Å². The first-order valence-corrected chi connectivity index (χ1v) is 16.2. The van der Waals surface area contributed by atoms with Gasteiger partial charge in [-0.1, -0.05) is 26.5 Å². The van der Waals surface area contributed by atoms with Crippen LogP contribution in [-0.2, 0) is 36.8 Å². The van der Waals surface area contributed by atoms with Crippen molar-refractivity contribution in [3.63, 3.8) is 0 Å². The predicted octanol–water partition coefficient (Wildman–Crippen LogP) is 4.60. The van der Waals surface area contributed by atoms with Gasteiger partial charge in [-0.2, -0.15) is 25.2 Å². The Balaban J connectivity index is 1.39. The fourth-order valence-corrected chi connectivity index (χ4v) is 4.86. The molecular weight excluding hydrogens is 628 g/mol. The quantitative estimate of drug-likeness (QED) is 0.0458. The summed E-state index contributed by atoms with van der Waals surface area (Å²) in [6, 6.07) is 10.5. The van der Waals surface area contributed by atoms with E-state index >= 15 is 0 Å². The van der Waals surface area contributed by atoms with Crippen LogP contribution >= 0.6 is 0 Å². The number of ketones is 1. The molecule has 49 heavy (non-hydrogen) atoms. The second kappa shape index (κ2) is 18.1. The largest absolute Gasteiger partial charge is 0.463 e. The zero-order valence-corrected chi connectivity index (χ0v) is 28.0. The molecular formula is C34H42N10O5. The number of azo groups is 1. The summed E-state index contributed by atoms with van der Waals surface area (Å²) in [6.07, 6.45) is 3.30. The number of carbonyl (C=O) groups excluding carboxylic acids is 4. The van der Waals surface area contributed by atoms with Gasteiger partial charge in [0.1, 0.15) is 5.82 Å². The number of benzene rings is 2. The summed E-state index contributed by atoms with van der Waals surface area (Å²) in [5, 5.41) is 20.0. The van der Waals surface area contributed by atoms with Crippen LogP contribution in [0.5, 0.6) is 0 Å². The van der Waals surface area contributed by atoms with Gasteiger partial charge in [0, 0.05) is 36.1 Å². The van der Waals surface area contributed by atoms with E-state index in [-0.39, 0.29) is 18.9 Å². The third kappa shape index (κ3) is 11.3. The van der Waals surface area contributed by atoms with Gasteiger partial charge in [0.2, 0.25) is 23.8 Å². The van der Waals surface area contributed by atoms with E-state index < -0.39 is 23.7 Å². The number of Topliss-reactive ketones (excluding diaryl/α,β-unsaturated/α-hetero) is 1. The number of hydrogen-bond acceptors (Lipinski definition) is 13. The minimum Gasteiger partial charge on any atom is -0.463 e. The maximum atomic E-state index is 12.9. The van der Waals surface area contributed by atoms with Gasteiger partial charge in [-0.15, -0.1) is 0 Å². The standard InChI is InChI=1S/C34H42N10O5/c1-5-30(47)49-19-8-10-28-39-33(35-17-9-18-44(6-2)7-3)41-34(40-28)37-24-13-15-25(16-14-24)42-43-31(22(4)45)32(48)36-26-12-11-23-20-29(46)38-27(23)21-26/h5,11-16,21,31H,1,6-10,17-20H2,2-4H3,(H,36,48)(H,38,46)(H2,35,37,39,40,41). The number of fused-ring (bicyclic) bond motifs is 1. The fourth-order valence-electron chi connectivity index (χ4n) is 4.86. The number of hydrogen-bond donors (Lipinski definition) is 4. The van der Waals surface area contributed by atoms with Gasteiger partial charge in [0.05, 0.1) is 18.7 Å². The molecule has 1 aromatic heterocycles. The summed E-state index contributed by atoms with van der Waals surface area (Å²) < 4.78 is 5.07. The van der Waals surface area contributed by atoms with E-state index in [2.05, 4.69) is 71.8 Å². The lowest BCUT2D eigenvalue weighted by atomic mass is 10.1. The third-order valence-electron chi connectivity index (χ3n) is 7.51. The maximum absolute atomic E-state index is 12.9. The molecule has 0 fully saturated rings. The van der Waals surface area contributed by atoms with Crippen LogP contribution in [0.25, 0.3) is 0 Å². The Morgan fingerprint density at radius 1 is 1.04 bits per heavy atom. The highest BCUT2D eigenvalue weighted by Crippen LogP contribution is 2.27. The summed E-state index contributed by atoms with van der Waals surface area (Å²) in [5.41, 5.74) is 2.97. The van der Waals surface area contributed by atoms with Crippen LogP contribution in [0, 0.1) is 0 Å².